The second-order valence-electron chi connectivity index (χ2n) is 8.86. The summed E-state index contributed by atoms with van der Waals surface area (Å²) in [6.45, 7) is 2.05. The molecular weight excluding hydrogens is 558 g/mol. The molecule has 2 N–H and O–H groups in total. The Morgan fingerprint density at radius 3 is 2.36 bits per heavy atom. The van der Waals surface area contributed by atoms with Crippen molar-refractivity contribution in [3.63, 3.8) is 0 Å². The number of rotatable bonds is 12. The van der Waals surface area contributed by atoms with Crippen LogP contribution in [-0.4, -0.2) is 88.4 Å². The minimum absolute atomic E-state index is 0.0181. The first-order valence-electron chi connectivity index (χ1n) is 12.3. The monoisotopic (exact) mass is 588 g/mol. The van der Waals surface area contributed by atoms with E-state index in [0.717, 1.165) is 42.4 Å². The topological polar surface area (TPSA) is 112 Å². The lowest BCUT2D eigenvalue weighted by molar-refractivity contribution is -0.129. The van der Waals surface area contributed by atoms with Crippen molar-refractivity contribution in [3.8, 4) is 11.5 Å². The summed E-state index contributed by atoms with van der Waals surface area (Å²) in [5, 5.41) is 9.34. The van der Waals surface area contributed by atoms with E-state index in [2.05, 4.69) is 4.90 Å². The van der Waals surface area contributed by atoms with Gasteiger partial charge in [-0.25, -0.2) is 27.6 Å². The van der Waals surface area contributed by atoms with Crippen LogP contribution in [0.15, 0.2) is 41.3 Å². The van der Waals surface area contributed by atoms with Crippen LogP contribution in [0.1, 0.15) is 19.3 Å². The summed E-state index contributed by atoms with van der Waals surface area (Å²) in [5.41, 5.74) is 1.43. The second kappa shape index (κ2) is 15.1. The fourth-order valence-corrected chi connectivity index (χ4v) is 5.14. The molecule has 0 aliphatic carbocycles. The molecule has 0 bridgehead atoms. The van der Waals surface area contributed by atoms with Gasteiger partial charge in [0.05, 0.1) is 11.4 Å². The molecule has 0 saturated carbocycles. The Morgan fingerprint density at radius 1 is 1.10 bits per heavy atom. The second-order valence-corrected chi connectivity index (χ2v) is 10.8. The van der Waals surface area contributed by atoms with E-state index in [9.17, 15) is 22.6 Å². The van der Waals surface area contributed by atoms with E-state index in [1.807, 2.05) is 0 Å². The van der Waals surface area contributed by atoms with Crippen molar-refractivity contribution in [2.75, 3.05) is 52.9 Å². The lowest BCUT2D eigenvalue weighted by Crippen LogP contribution is -2.42. The third-order valence-corrected chi connectivity index (χ3v) is 7.64. The van der Waals surface area contributed by atoms with Gasteiger partial charge in [0.25, 0.3) is 5.91 Å². The van der Waals surface area contributed by atoms with Gasteiger partial charge in [-0.3, -0.25) is 14.9 Å². The number of carbonyl (C=O) groups excluding carboxylic acids is 2. The fourth-order valence-electron chi connectivity index (χ4n) is 3.83. The highest BCUT2D eigenvalue weighted by molar-refractivity contribution is 7.82. The minimum Gasteiger partial charge on any atom is -0.451 e. The fraction of sp³-hybridized carbons (Fsp3) is 0.440. The Labute approximate surface area is 232 Å². The molecule has 3 rings (SSSR count). The van der Waals surface area contributed by atoms with Crippen LogP contribution in [0.5, 0.6) is 11.5 Å². The van der Waals surface area contributed by atoms with Gasteiger partial charge in [-0.15, -0.1) is 0 Å². The Bertz CT molecular complexity index is 1130. The van der Waals surface area contributed by atoms with Crippen LogP contribution in [-0.2, 0) is 20.5 Å². The molecule has 1 saturated heterocycles. The predicted molar refractivity (Wildman–Crippen MR) is 140 cm³/mol. The number of nitrogens with zero attached hydrogens (tertiary/aromatic N) is 3. The van der Waals surface area contributed by atoms with Crippen LogP contribution < -0.4 is 10.2 Å². The number of hydrogen-bond acceptors (Lipinski definition) is 7. The van der Waals surface area contributed by atoms with E-state index < -0.39 is 46.9 Å². The maximum Gasteiger partial charge on any atom is 0.409 e. The number of hydroxylamine groups is 1. The van der Waals surface area contributed by atoms with Crippen molar-refractivity contribution >= 4 is 34.6 Å². The molecule has 14 heteroatoms. The Kier molecular flexibility index (Phi) is 11.9. The van der Waals surface area contributed by atoms with Gasteiger partial charge in [0.2, 0.25) is 0 Å². The molecule has 0 aromatic heterocycles. The van der Waals surface area contributed by atoms with E-state index in [-0.39, 0.29) is 30.3 Å². The molecule has 0 spiro atoms. The lowest BCUT2D eigenvalue weighted by Gasteiger charge is -2.27. The van der Waals surface area contributed by atoms with Gasteiger partial charge < -0.3 is 14.4 Å². The average Bonchev–Trinajstić information content (AvgIpc) is 2.93. The number of hydrogen-bond donors (Lipinski definition) is 2. The average molecular weight is 589 g/mol. The molecule has 2 aromatic rings. The molecule has 1 aliphatic rings. The van der Waals surface area contributed by atoms with Crippen LogP contribution in [0.3, 0.4) is 0 Å². The summed E-state index contributed by atoms with van der Waals surface area (Å²) in [6.07, 6.45) is 2.83. The number of amides is 2. The van der Waals surface area contributed by atoms with Gasteiger partial charge in [0, 0.05) is 31.7 Å². The number of piperidine rings is 1. The van der Waals surface area contributed by atoms with E-state index in [1.54, 1.807) is 0 Å². The van der Waals surface area contributed by atoms with Crippen LogP contribution in [0.2, 0.25) is 5.02 Å². The van der Waals surface area contributed by atoms with Crippen LogP contribution >= 0.6 is 11.6 Å². The molecule has 0 radical (unpaired) electrons. The lowest BCUT2D eigenvalue weighted by atomic mass is 10.1. The molecular formula is C25H31ClF2N4O6S. The summed E-state index contributed by atoms with van der Waals surface area (Å²) in [5.74, 6) is -3.70. The molecule has 1 heterocycles. The van der Waals surface area contributed by atoms with Crippen molar-refractivity contribution < 1.29 is 37.3 Å². The molecule has 2 amide bonds. The standard InChI is InChI=1S/C25H31ClF2N4O6S/c1-30(25(34)37-14-13-31-9-3-2-4-10-31)11-12-32(17-23(33)29-35)39(36)20-15-21(27)24(22(28)16-20)38-19-7-5-18(26)6-8-19/h5-8,15-16,35H,2-4,9-14,17H2,1H3,(H,29,33). The van der Waals surface area contributed by atoms with Gasteiger partial charge in [0.15, 0.2) is 17.4 Å². The number of halogens is 3. The number of likely N-dealkylation sites (tertiary alicyclic amines) is 1. The SMILES string of the molecule is CN(CCN(CC(=O)NO)S(=O)c1cc(F)c(Oc2ccc(Cl)cc2)c(F)c1)C(=O)OCCN1CCCCC1. The molecule has 1 fully saturated rings. The zero-order valence-corrected chi connectivity index (χ0v) is 23.0. The van der Waals surface area contributed by atoms with E-state index in [0.29, 0.717) is 11.6 Å². The molecule has 1 aliphatic heterocycles. The zero-order valence-electron chi connectivity index (χ0n) is 21.4. The van der Waals surface area contributed by atoms with Gasteiger partial charge in [-0.2, -0.15) is 0 Å². The largest absolute Gasteiger partial charge is 0.451 e. The van der Waals surface area contributed by atoms with Gasteiger partial charge in [-0.1, -0.05) is 18.0 Å². The number of benzene rings is 2. The Balaban J connectivity index is 1.62. The van der Waals surface area contributed by atoms with Gasteiger partial charge in [-0.05, 0) is 62.3 Å². The highest BCUT2D eigenvalue weighted by Crippen LogP contribution is 2.30. The third kappa shape index (κ3) is 9.39. The smallest absolute Gasteiger partial charge is 0.409 e. The Hall–Kier alpha value is -2.84. The first-order chi connectivity index (χ1) is 18.7. The van der Waals surface area contributed by atoms with Crippen molar-refractivity contribution in [1.82, 2.24) is 19.6 Å². The quantitative estimate of drug-likeness (QED) is 0.287. The van der Waals surface area contributed by atoms with Crippen molar-refractivity contribution in [2.45, 2.75) is 24.2 Å². The van der Waals surface area contributed by atoms with Crippen molar-refractivity contribution in [3.05, 3.63) is 53.1 Å². The number of nitrogens with one attached hydrogen (secondary N) is 1. The van der Waals surface area contributed by atoms with Crippen LogP contribution in [0, 0.1) is 11.6 Å². The normalized spacial score (nSPS) is 14.6. The first-order valence-corrected chi connectivity index (χ1v) is 13.8. The van der Waals surface area contributed by atoms with Crippen molar-refractivity contribution in [1.29, 1.82) is 0 Å². The van der Waals surface area contributed by atoms with Crippen LogP contribution in [0.4, 0.5) is 13.6 Å². The summed E-state index contributed by atoms with van der Waals surface area (Å²) < 4.78 is 54.3. The summed E-state index contributed by atoms with van der Waals surface area (Å²) in [6, 6.07) is 7.48. The molecule has 1 atom stereocenters. The Morgan fingerprint density at radius 2 is 1.74 bits per heavy atom. The minimum atomic E-state index is -2.24. The summed E-state index contributed by atoms with van der Waals surface area (Å²) in [7, 11) is -0.766. The maximum absolute atomic E-state index is 14.8. The number of carbonyl (C=O) groups is 2. The highest BCUT2D eigenvalue weighted by atomic mass is 35.5. The van der Waals surface area contributed by atoms with Gasteiger partial charge >= 0.3 is 6.09 Å². The molecule has 39 heavy (non-hydrogen) atoms. The maximum atomic E-state index is 14.8. The molecule has 10 nitrogen and oxygen atoms in total. The molecule has 2 aromatic carbocycles. The predicted octanol–water partition coefficient (Wildman–Crippen LogP) is 3.79. The zero-order chi connectivity index (χ0) is 28.4. The van der Waals surface area contributed by atoms with Crippen molar-refractivity contribution in [2.24, 2.45) is 0 Å². The number of likely N-dealkylation sites (N-methyl/N-ethyl adjacent to an activating group) is 1. The molecule has 1 unspecified atom stereocenters. The molecule has 214 valence electrons. The van der Waals surface area contributed by atoms with E-state index >= 15 is 0 Å². The van der Waals surface area contributed by atoms with Gasteiger partial charge in [0.1, 0.15) is 23.3 Å². The van der Waals surface area contributed by atoms with E-state index in [4.69, 9.17) is 26.3 Å². The third-order valence-electron chi connectivity index (χ3n) is 5.96. The first kappa shape index (κ1) is 30.7. The van der Waals surface area contributed by atoms with Crippen LogP contribution in [0.25, 0.3) is 0 Å². The summed E-state index contributed by atoms with van der Waals surface area (Å²) >= 11 is 5.81. The summed E-state index contributed by atoms with van der Waals surface area (Å²) in [4.78, 5) is 27.4. The highest BCUT2D eigenvalue weighted by Gasteiger charge is 2.24. The number of ether oxygens (including phenoxy) is 2. The van der Waals surface area contributed by atoms with E-state index in [1.165, 1.54) is 48.1 Å².